The molecule has 2 aromatic heterocycles. The second-order valence-corrected chi connectivity index (χ2v) is 15.5. The summed E-state index contributed by atoms with van der Waals surface area (Å²) >= 11 is 0. The van der Waals surface area contributed by atoms with Crippen LogP contribution in [0.2, 0.25) is 0 Å². The number of carbonyl (C=O) groups is 2. The third-order valence-corrected chi connectivity index (χ3v) is 10.8. The molecule has 0 aliphatic carbocycles. The Kier molecular flexibility index (Phi) is 14.1. The molecule has 2 fully saturated rings. The van der Waals surface area contributed by atoms with Crippen molar-refractivity contribution in [1.29, 1.82) is 0 Å². The van der Waals surface area contributed by atoms with Crippen molar-refractivity contribution >= 4 is 23.6 Å². The van der Waals surface area contributed by atoms with E-state index in [0.29, 0.717) is 34.9 Å². The van der Waals surface area contributed by atoms with E-state index < -0.39 is 0 Å². The number of hydrogen-bond donors (Lipinski definition) is 0. The number of ether oxygens (including phenoxy) is 2. The Morgan fingerprint density at radius 2 is 1.35 bits per heavy atom. The summed E-state index contributed by atoms with van der Waals surface area (Å²) in [7, 11) is 0. The largest absolute Gasteiger partial charge is 0.459 e. The first-order valence-electron chi connectivity index (χ1n) is 19.7. The van der Waals surface area contributed by atoms with E-state index in [1.807, 2.05) is 45.9 Å². The van der Waals surface area contributed by atoms with Crippen LogP contribution in [0.1, 0.15) is 112 Å². The lowest BCUT2D eigenvalue weighted by Gasteiger charge is -2.29. The summed E-state index contributed by atoms with van der Waals surface area (Å²) in [6, 6.07) is 17.0. The molecule has 2 saturated heterocycles. The normalized spacial score (nSPS) is 18.7. The summed E-state index contributed by atoms with van der Waals surface area (Å²) in [5.74, 6) is 2.66. The maximum Gasteiger partial charge on any atom is 0.342 e. The van der Waals surface area contributed by atoms with Gasteiger partial charge in [-0.3, -0.25) is 4.90 Å². The molecule has 0 amide bonds. The van der Waals surface area contributed by atoms with E-state index in [2.05, 4.69) is 69.7 Å². The van der Waals surface area contributed by atoms with Gasteiger partial charge in [0.25, 0.3) is 0 Å². The van der Waals surface area contributed by atoms with Gasteiger partial charge in [0, 0.05) is 51.2 Å². The summed E-state index contributed by atoms with van der Waals surface area (Å²) in [6.07, 6.45) is 10.0. The molecule has 0 bridgehead atoms. The molecule has 0 radical (unpaired) electrons. The first-order chi connectivity index (χ1) is 25.1. The van der Waals surface area contributed by atoms with Gasteiger partial charge in [-0.15, -0.1) is 0 Å². The Morgan fingerprint density at radius 1 is 0.788 bits per heavy atom. The molecule has 9 nitrogen and oxygen atoms in total. The van der Waals surface area contributed by atoms with Gasteiger partial charge in [-0.1, -0.05) is 57.9 Å². The Balaban J connectivity index is 1.19. The number of rotatable bonds is 17. The number of esters is 2. The zero-order chi connectivity index (χ0) is 37.2. The van der Waals surface area contributed by atoms with Crippen molar-refractivity contribution in [3.05, 3.63) is 83.2 Å². The van der Waals surface area contributed by atoms with Crippen LogP contribution >= 0.6 is 0 Å². The minimum atomic E-state index is -0.311. The third kappa shape index (κ3) is 10.3. The summed E-state index contributed by atoms with van der Waals surface area (Å²) in [6.45, 7) is 19.8. The maximum atomic E-state index is 12.8. The zero-order valence-corrected chi connectivity index (χ0v) is 32.6. The molecule has 2 unspecified atom stereocenters. The van der Waals surface area contributed by atoms with Gasteiger partial charge in [-0.05, 0) is 113 Å². The van der Waals surface area contributed by atoms with Crippen molar-refractivity contribution in [2.24, 2.45) is 17.8 Å². The number of pyridine rings is 2. The average Bonchev–Trinajstić information content (AvgIpc) is 3.81. The van der Waals surface area contributed by atoms with Gasteiger partial charge in [0.1, 0.15) is 22.8 Å². The van der Waals surface area contributed by atoms with E-state index in [1.165, 1.54) is 30.4 Å². The van der Waals surface area contributed by atoms with Crippen LogP contribution in [0.3, 0.4) is 0 Å². The molecule has 0 spiro atoms. The fourth-order valence-electron chi connectivity index (χ4n) is 8.07. The fraction of sp³-hybridized carbons (Fsp3) is 0.581. The van der Waals surface area contributed by atoms with Crippen LogP contribution in [0.4, 0.5) is 11.6 Å². The number of hydrogen-bond acceptors (Lipinski definition) is 9. The summed E-state index contributed by atoms with van der Waals surface area (Å²) in [4.78, 5) is 42.0. The predicted molar refractivity (Wildman–Crippen MR) is 209 cm³/mol. The molecular formula is C43H61N5O4. The second-order valence-electron chi connectivity index (χ2n) is 15.5. The standard InChI is InChI=1S/C43H61N5O4/c1-8-12-32(7)36(26-35-19-23-47(28-35)40-38(13-10-21-44-40)42(49)51-30(3)4)25-33-15-17-34(18-16-33)27-46(9-2)37-20-24-48(29-37)41-39(14-11-22-45-41)43(50)52-31(5)6/h10-11,13-18,21-22,30-32,35-37H,8-9,12,19-20,23-29H2,1-7H3/t32?,35-,36?,37-/m0/s1. The summed E-state index contributed by atoms with van der Waals surface area (Å²) in [5.41, 5.74) is 3.83. The first-order valence-corrected chi connectivity index (χ1v) is 19.7. The van der Waals surface area contributed by atoms with Crippen molar-refractivity contribution < 1.29 is 19.1 Å². The van der Waals surface area contributed by atoms with Crippen LogP contribution in [-0.2, 0) is 22.4 Å². The van der Waals surface area contributed by atoms with Crippen molar-refractivity contribution in [3.8, 4) is 0 Å². The molecule has 0 saturated carbocycles. The predicted octanol–water partition coefficient (Wildman–Crippen LogP) is 8.22. The number of nitrogens with zero attached hydrogens (tertiary/aromatic N) is 5. The maximum absolute atomic E-state index is 12.8. The molecule has 4 heterocycles. The molecule has 4 atom stereocenters. The summed E-state index contributed by atoms with van der Waals surface area (Å²) in [5, 5.41) is 0. The molecule has 0 N–H and O–H groups in total. The third-order valence-electron chi connectivity index (χ3n) is 10.8. The smallest absolute Gasteiger partial charge is 0.342 e. The van der Waals surface area contributed by atoms with E-state index in [9.17, 15) is 9.59 Å². The van der Waals surface area contributed by atoms with Gasteiger partial charge in [0.05, 0.1) is 12.2 Å². The molecule has 2 aliphatic heterocycles. The van der Waals surface area contributed by atoms with Crippen LogP contribution < -0.4 is 9.80 Å². The van der Waals surface area contributed by atoms with Gasteiger partial charge in [-0.25, -0.2) is 19.6 Å². The first kappa shape index (κ1) is 39.2. The lowest BCUT2D eigenvalue weighted by atomic mass is 9.79. The van der Waals surface area contributed by atoms with Crippen LogP contribution in [0.15, 0.2) is 60.9 Å². The number of likely N-dealkylation sites (N-methyl/N-ethyl adjacent to an activating group) is 1. The van der Waals surface area contributed by atoms with Crippen LogP contribution in [0.5, 0.6) is 0 Å². The number of benzene rings is 1. The Bertz CT molecular complexity index is 1590. The topological polar surface area (TPSA) is 88.1 Å². The monoisotopic (exact) mass is 711 g/mol. The van der Waals surface area contributed by atoms with Crippen molar-refractivity contribution in [3.63, 3.8) is 0 Å². The number of aromatic nitrogens is 2. The Labute approximate surface area is 312 Å². The van der Waals surface area contributed by atoms with Gasteiger partial charge in [0.15, 0.2) is 0 Å². The molecular weight excluding hydrogens is 651 g/mol. The van der Waals surface area contributed by atoms with Crippen LogP contribution in [0.25, 0.3) is 0 Å². The summed E-state index contributed by atoms with van der Waals surface area (Å²) < 4.78 is 11.0. The highest BCUT2D eigenvalue weighted by Crippen LogP contribution is 2.34. The van der Waals surface area contributed by atoms with Crippen molar-refractivity contribution in [2.75, 3.05) is 42.5 Å². The number of carbonyl (C=O) groups excluding carboxylic acids is 2. The highest BCUT2D eigenvalue weighted by molar-refractivity contribution is 5.95. The lowest BCUT2D eigenvalue weighted by molar-refractivity contribution is 0.0367. The molecule has 1 aromatic carbocycles. The molecule has 9 heteroatoms. The highest BCUT2D eigenvalue weighted by atomic mass is 16.5. The Morgan fingerprint density at radius 3 is 1.90 bits per heavy atom. The van der Waals surface area contributed by atoms with Crippen LogP contribution in [0, 0.1) is 17.8 Å². The van der Waals surface area contributed by atoms with Gasteiger partial charge < -0.3 is 19.3 Å². The fourth-order valence-corrected chi connectivity index (χ4v) is 8.07. The molecule has 3 aromatic rings. The van der Waals surface area contributed by atoms with E-state index >= 15 is 0 Å². The minimum Gasteiger partial charge on any atom is -0.459 e. The zero-order valence-electron chi connectivity index (χ0n) is 32.6. The van der Waals surface area contributed by atoms with E-state index in [1.54, 1.807) is 18.5 Å². The molecule has 5 rings (SSSR count). The van der Waals surface area contributed by atoms with Gasteiger partial charge in [-0.2, -0.15) is 0 Å². The van der Waals surface area contributed by atoms with Gasteiger partial charge in [0.2, 0.25) is 0 Å². The average molecular weight is 712 g/mol. The van der Waals surface area contributed by atoms with Crippen molar-refractivity contribution in [2.45, 2.75) is 112 Å². The van der Waals surface area contributed by atoms with Crippen LogP contribution in [-0.4, -0.2) is 77.8 Å². The molecule has 2 aliphatic rings. The molecule has 282 valence electrons. The van der Waals surface area contributed by atoms with Crippen molar-refractivity contribution in [1.82, 2.24) is 14.9 Å². The van der Waals surface area contributed by atoms with E-state index in [4.69, 9.17) is 9.47 Å². The van der Waals surface area contributed by atoms with E-state index in [-0.39, 0.29) is 24.1 Å². The Hall–Kier alpha value is -3.98. The second kappa shape index (κ2) is 18.7. The minimum absolute atomic E-state index is 0.165. The van der Waals surface area contributed by atoms with E-state index in [0.717, 1.165) is 70.2 Å². The SMILES string of the molecule is CCCC(C)C(Cc1ccc(CN(CC)[C@H]2CCN(c3ncccc3C(=O)OC(C)C)C2)cc1)C[C@@H]1CCN(c2ncccc2C(=O)OC(C)C)C1. The molecule has 52 heavy (non-hydrogen) atoms. The number of anilines is 2. The quantitative estimate of drug-likeness (QED) is 0.129. The van der Waals surface area contributed by atoms with Gasteiger partial charge >= 0.3 is 11.9 Å². The lowest BCUT2D eigenvalue weighted by Crippen LogP contribution is -2.37. The highest BCUT2D eigenvalue weighted by Gasteiger charge is 2.32.